The number of hydrogen-bond acceptors (Lipinski definition) is 4. The van der Waals surface area contributed by atoms with Crippen LogP contribution in [0.4, 0.5) is 4.79 Å². The van der Waals surface area contributed by atoms with E-state index in [2.05, 4.69) is 42.6 Å². The van der Waals surface area contributed by atoms with Gasteiger partial charge in [0.05, 0.1) is 5.41 Å². The standard InChI is InChI=1S/C19H24O2.C12H24N2O2/c1-2-17-8-14-9-18(11-17,15-6-4-3-5-7-15)13-19(10-14,12-17)16(20)21;1-12(2,3)16-11(15)14-8-9-4-6-10(13)7-5-9/h3-7,14H,2,8-13H2,1H3,(H,20,21);9-10H,4-8,13H2,1-3H3,(H,14,15)/t;9-,10-. The van der Waals surface area contributed by atoms with Crippen molar-refractivity contribution in [2.45, 2.75) is 115 Å². The number of carboxylic acids is 1. The Bertz CT molecular complexity index is 952. The molecule has 5 fully saturated rings. The van der Waals surface area contributed by atoms with E-state index < -0.39 is 17.0 Å². The minimum atomic E-state index is -0.537. The molecule has 6 rings (SSSR count). The minimum absolute atomic E-state index is 0.120. The molecule has 4 bridgehead atoms. The van der Waals surface area contributed by atoms with Gasteiger partial charge in [0.2, 0.25) is 0 Å². The molecular formula is C31H48N2O4. The Hall–Kier alpha value is -2.08. The van der Waals surface area contributed by atoms with Crippen LogP contribution in [0, 0.1) is 22.7 Å². The van der Waals surface area contributed by atoms with E-state index in [4.69, 9.17) is 10.5 Å². The van der Waals surface area contributed by atoms with Crippen molar-refractivity contribution in [1.82, 2.24) is 5.32 Å². The van der Waals surface area contributed by atoms with Gasteiger partial charge in [-0.1, -0.05) is 43.7 Å². The van der Waals surface area contributed by atoms with Gasteiger partial charge >= 0.3 is 12.1 Å². The Morgan fingerprint density at radius 3 is 2.30 bits per heavy atom. The van der Waals surface area contributed by atoms with Crippen LogP contribution in [-0.4, -0.2) is 35.4 Å². The van der Waals surface area contributed by atoms with Crippen LogP contribution in [0.1, 0.15) is 104 Å². The van der Waals surface area contributed by atoms with E-state index in [1.165, 1.54) is 24.8 Å². The lowest BCUT2D eigenvalue weighted by Crippen LogP contribution is -2.60. The highest BCUT2D eigenvalue weighted by atomic mass is 16.6. The van der Waals surface area contributed by atoms with Crippen LogP contribution < -0.4 is 11.1 Å². The van der Waals surface area contributed by atoms with Crippen molar-refractivity contribution in [3.05, 3.63) is 35.9 Å². The molecule has 1 aromatic rings. The molecule has 1 amide bonds. The number of nitrogens with one attached hydrogen (secondary N) is 1. The van der Waals surface area contributed by atoms with Gasteiger partial charge in [0.25, 0.3) is 0 Å². The van der Waals surface area contributed by atoms with Crippen molar-refractivity contribution in [2.24, 2.45) is 28.4 Å². The lowest BCUT2D eigenvalue weighted by Gasteiger charge is -2.65. The number of carbonyl (C=O) groups excluding carboxylic acids is 1. The molecule has 0 radical (unpaired) electrons. The maximum absolute atomic E-state index is 12.1. The van der Waals surface area contributed by atoms with Crippen LogP contribution in [0.2, 0.25) is 0 Å². The third-order valence-corrected chi connectivity index (χ3v) is 9.60. The second-order valence-corrected chi connectivity index (χ2v) is 13.8. The predicted molar refractivity (Wildman–Crippen MR) is 146 cm³/mol. The summed E-state index contributed by atoms with van der Waals surface area (Å²) in [7, 11) is 0. The summed E-state index contributed by atoms with van der Waals surface area (Å²) >= 11 is 0. The molecule has 0 aromatic heterocycles. The molecule has 5 aliphatic rings. The van der Waals surface area contributed by atoms with Crippen molar-refractivity contribution in [3.8, 4) is 0 Å². The predicted octanol–water partition coefficient (Wildman–Crippen LogP) is 6.42. The molecule has 0 heterocycles. The first-order chi connectivity index (χ1) is 17.4. The smallest absolute Gasteiger partial charge is 0.407 e. The first-order valence-electron chi connectivity index (χ1n) is 14.4. The number of rotatable bonds is 5. The van der Waals surface area contributed by atoms with E-state index in [-0.39, 0.29) is 16.9 Å². The molecule has 4 unspecified atom stereocenters. The summed E-state index contributed by atoms with van der Waals surface area (Å²) in [5.41, 5.74) is 6.73. The second kappa shape index (κ2) is 10.6. The average Bonchev–Trinajstić information content (AvgIpc) is 2.83. The zero-order valence-corrected chi connectivity index (χ0v) is 23.4. The number of hydrogen-bond donors (Lipinski definition) is 3. The van der Waals surface area contributed by atoms with Crippen LogP contribution in [0.15, 0.2) is 30.3 Å². The molecule has 6 nitrogen and oxygen atoms in total. The van der Waals surface area contributed by atoms with Gasteiger partial charge in [0.1, 0.15) is 5.60 Å². The van der Waals surface area contributed by atoms with E-state index in [1.807, 2.05) is 20.8 Å². The van der Waals surface area contributed by atoms with Gasteiger partial charge in [-0.3, -0.25) is 4.79 Å². The number of alkyl carbamates (subject to hydrolysis) is 1. The second-order valence-electron chi connectivity index (χ2n) is 13.8. The zero-order valence-electron chi connectivity index (χ0n) is 23.4. The summed E-state index contributed by atoms with van der Waals surface area (Å²) in [6, 6.07) is 11.1. The zero-order chi connectivity index (χ0) is 26.9. The molecule has 37 heavy (non-hydrogen) atoms. The molecule has 5 aliphatic carbocycles. The van der Waals surface area contributed by atoms with Crippen molar-refractivity contribution >= 4 is 12.1 Å². The summed E-state index contributed by atoms with van der Waals surface area (Å²) in [6.45, 7) is 8.58. The fraction of sp³-hybridized carbons (Fsp3) is 0.742. The van der Waals surface area contributed by atoms with Crippen molar-refractivity contribution < 1.29 is 19.4 Å². The number of carboxylic acid groups (broad SMARTS) is 1. The molecule has 0 spiro atoms. The number of aliphatic carboxylic acids is 1. The molecule has 4 atom stereocenters. The lowest BCUT2D eigenvalue weighted by molar-refractivity contribution is -0.179. The fourth-order valence-electron chi connectivity index (χ4n) is 8.32. The largest absolute Gasteiger partial charge is 0.481 e. The highest BCUT2D eigenvalue weighted by Crippen LogP contribution is 2.71. The molecule has 1 aromatic carbocycles. The number of ether oxygens (including phenoxy) is 1. The quantitative estimate of drug-likeness (QED) is 0.423. The Balaban J connectivity index is 0.000000181. The summed E-state index contributed by atoms with van der Waals surface area (Å²) in [4.78, 5) is 23.5. The van der Waals surface area contributed by atoms with E-state index in [1.54, 1.807) is 0 Å². The Kier molecular flexibility index (Phi) is 8.00. The number of carbonyl (C=O) groups is 2. The molecule has 4 N–H and O–H groups in total. The summed E-state index contributed by atoms with van der Waals surface area (Å²) in [5.74, 6) is 0.634. The van der Waals surface area contributed by atoms with Gasteiger partial charge in [-0.25, -0.2) is 4.79 Å². The highest BCUT2D eigenvalue weighted by Gasteiger charge is 2.65. The molecule has 0 saturated heterocycles. The van der Waals surface area contributed by atoms with Gasteiger partial charge in [-0.2, -0.15) is 0 Å². The van der Waals surface area contributed by atoms with Crippen molar-refractivity contribution in [1.29, 1.82) is 0 Å². The number of nitrogens with two attached hydrogens (primary N) is 1. The Morgan fingerprint density at radius 1 is 1.03 bits per heavy atom. The molecule has 0 aliphatic heterocycles. The maximum Gasteiger partial charge on any atom is 0.407 e. The summed E-state index contributed by atoms with van der Waals surface area (Å²) in [5, 5.41) is 12.8. The monoisotopic (exact) mass is 512 g/mol. The number of amides is 1. The van der Waals surface area contributed by atoms with Crippen LogP contribution in [0.3, 0.4) is 0 Å². The van der Waals surface area contributed by atoms with Gasteiger partial charge in [0.15, 0.2) is 0 Å². The van der Waals surface area contributed by atoms with E-state index in [0.29, 0.717) is 24.4 Å². The lowest BCUT2D eigenvalue weighted by atomic mass is 9.38. The topological polar surface area (TPSA) is 102 Å². The van der Waals surface area contributed by atoms with E-state index in [9.17, 15) is 14.7 Å². The SMILES string of the molecule is CC(C)(C)OC(=O)NC[C@H]1CC[C@H](N)CC1.CCC12CC3CC(C(=O)O)(C1)CC(c1ccccc1)(C3)C2. The molecule has 6 heteroatoms. The number of benzene rings is 1. The Labute approximate surface area is 223 Å². The van der Waals surface area contributed by atoms with Crippen LogP contribution in [0.5, 0.6) is 0 Å². The van der Waals surface area contributed by atoms with Crippen LogP contribution >= 0.6 is 0 Å². The van der Waals surface area contributed by atoms with Gasteiger partial charge in [-0.15, -0.1) is 0 Å². The third kappa shape index (κ3) is 6.32. The van der Waals surface area contributed by atoms with E-state index >= 15 is 0 Å². The average molecular weight is 513 g/mol. The first kappa shape index (κ1) is 27.9. The molecular weight excluding hydrogens is 464 g/mol. The molecule has 206 valence electrons. The van der Waals surface area contributed by atoms with E-state index in [0.717, 1.165) is 51.4 Å². The van der Waals surface area contributed by atoms with Crippen LogP contribution in [0.25, 0.3) is 0 Å². The fourth-order valence-corrected chi connectivity index (χ4v) is 8.32. The summed E-state index contributed by atoms with van der Waals surface area (Å²) in [6.07, 6.45) is 11.5. The maximum atomic E-state index is 12.1. The van der Waals surface area contributed by atoms with Gasteiger partial charge in [-0.05, 0) is 113 Å². The third-order valence-electron chi connectivity index (χ3n) is 9.60. The summed E-state index contributed by atoms with van der Waals surface area (Å²) < 4.78 is 5.18. The van der Waals surface area contributed by atoms with Crippen molar-refractivity contribution in [3.63, 3.8) is 0 Å². The van der Waals surface area contributed by atoms with Gasteiger partial charge < -0.3 is 20.9 Å². The van der Waals surface area contributed by atoms with Crippen molar-refractivity contribution in [2.75, 3.05) is 6.54 Å². The minimum Gasteiger partial charge on any atom is -0.481 e. The Morgan fingerprint density at radius 2 is 1.70 bits per heavy atom. The van der Waals surface area contributed by atoms with Crippen LogP contribution in [-0.2, 0) is 14.9 Å². The normalized spacial score (nSPS) is 36.3. The molecule has 5 saturated carbocycles. The first-order valence-corrected chi connectivity index (χ1v) is 14.4. The highest BCUT2D eigenvalue weighted by molar-refractivity contribution is 5.76. The van der Waals surface area contributed by atoms with Gasteiger partial charge in [0, 0.05) is 12.6 Å².